The van der Waals surface area contributed by atoms with E-state index in [-0.39, 0.29) is 35.0 Å². The second-order valence-electron chi connectivity index (χ2n) is 6.60. The summed E-state index contributed by atoms with van der Waals surface area (Å²) in [5.41, 5.74) is 0.693. The third-order valence-electron chi connectivity index (χ3n) is 5.61. The van der Waals surface area contributed by atoms with Crippen LogP contribution >= 0.6 is 11.6 Å². The summed E-state index contributed by atoms with van der Waals surface area (Å²) in [6, 6.07) is 3.33. The zero-order chi connectivity index (χ0) is 16.2. The van der Waals surface area contributed by atoms with Crippen molar-refractivity contribution in [2.45, 2.75) is 12.8 Å². The maximum absolute atomic E-state index is 12.8. The van der Waals surface area contributed by atoms with Gasteiger partial charge in [-0.2, -0.15) is 0 Å². The Morgan fingerprint density at radius 2 is 1.96 bits per heavy atom. The summed E-state index contributed by atoms with van der Waals surface area (Å²) in [6.07, 6.45) is 7.89. The first kappa shape index (κ1) is 14.7. The fraction of sp³-hybridized carbons (Fsp3) is 0.471. The largest absolute Gasteiger partial charge is 0.469 e. The normalized spacial score (nSPS) is 32.1. The SMILES string of the molecule is COC(=O)[C@H]1[C@H](C(=O)Nc2ccc(Cl)nc2)[C@@H]2C=C[C@H]1C21CC1. The summed E-state index contributed by atoms with van der Waals surface area (Å²) in [7, 11) is 1.38. The topological polar surface area (TPSA) is 68.3 Å². The molecule has 2 fully saturated rings. The van der Waals surface area contributed by atoms with E-state index in [1.165, 1.54) is 13.3 Å². The molecular weight excluding hydrogens is 316 g/mol. The Hall–Kier alpha value is -1.88. The lowest BCUT2D eigenvalue weighted by Gasteiger charge is -2.24. The molecule has 0 aliphatic heterocycles. The molecule has 23 heavy (non-hydrogen) atoms. The molecule has 0 radical (unpaired) electrons. The number of hydrogen-bond acceptors (Lipinski definition) is 4. The molecule has 4 rings (SSSR count). The van der Waals surface area contributed by atoms with Gasteiger partial charge in [-0.3, -0.25) is 9.59 Å². The third-order valence-corrected chi connectivity index (χ3v) is 5.84. The summed E-state index contributed by atoms with van der Waals surface area (Å²) < 4.78 is 4.97. The van der Waals surface area contributed by atoms with E-state index in [2.05, 4.69) is 22.5 Å². The van der Waals surface area contributed by atoms with E-state index in [1.807, 2.05) is 0 Å². The summed E-state index contributed by atoms with van der Waals surface area (Å²) >= 11 is 5.76. The van der Waals surface area contributed by atoms with Gasteiger partial charge in [0.2, 0.25) is 5.91 Å². The minimum atomic E-state index is -0.391. The van der Waals surface area contributed by atoms with Crippen LogP contribution in [0, 0.1) is 29.1 Å². The number of methoxy groups -OCH3 is 1. The summed E-state index contributed by atoms with van der Waals surface area (Å²) in [4.78, 5) is 29.1. The van der Waals surface area contributed by atoms with Crippen LogP contribution in [-0.2, 0) is 14.3 Å². The number of carbonyl (C=O) groups excluding carboxylic acids is 2. The number of nitrogens with one attached hydrogen (secondary N) is 1. The van der Waals surface area contributed by atoms with Gasteiger partial charge in [-0.15, -0.1) is 0 Å². The van der Waals surface area contributed by atoms with Crippen LogP contribution < -0.4 is 5.32 Å². The van der Waals surface area contributed by atoms with E-state index >= 15 is 0 Å². The minimum Gasteiger partial charge on any atom is -0.469 e. The Kier molecular flexibility index (Phi) is 3.23. The number of halogens is 1. The van der Waals surface area contributed by atoms with Crippen molar-refractivity contribution in [2.24, 2.45) is 29.1 Å². The molecular formula is C17H17ClN2O3. The summed E-state index contributed by atoms with van der Waals surface area (Å²) in [6.45, 7) is 0. The van der Waals surface area contributed by atoms with E-state index in [4.69, 9.17) is 16.3 Å². The lowest BCUT2D eigenvalue weighted by Crippen LogP contribution is -2.37. The number of aromatic nitrogens is 1. The van der Waals surface area contributed by atoms with Crippen molar-refractivity contribution in [1.82, 2.24) is 4.98 Å². The van der Waals surface area contributed by atoms with Gasteiger partial charge >= 0.3 is 5.97 Å². The van der Waals surface area contributed by atoms with Crippen molar-refractivity contribution in [3.05, 3.63) is 35.6 Å². The van der Waals surface area contributed by atoms with Crippen molar-refractivity contribution in [3.8, 4) is 0 Å². The fourth-order valence-electron chi connectivity index (χ4n) is 4.49. The fourth-order valence-corrected chi connectivity index (χ4v) is 4.60. The van der Waals surface area contributed by atoms with E-state index < -0.39 is 5.92 Å². The van der Waals surface area contributed by atoms with Gasteiger partial charge in [0.25, 0.3) is 0 Å². The Morgan fingerprint density at radius 1 is 1.26 bits per heavy atom. The molecule has 3 aliphatic rings. The molecule has 1 heterocycles. The smallest absolute Gasteiger partial charge is 0.310 e. The van der Waals surface area contributed by atoms with E-state index in [9.17, 15) is 9.59 Å². The number of carbonyl (C=O) groups is 2. The molecule has 5 nitrogen and oxygen atoms in total. The molecule has 1 aromatic rings. The number of allylic oxidation sites excluding steroid dienone is 2. The molecule has 2 saturated carbocycles. The quantitative estimate of drug-likeness (QED) is 0.525. The van der Waals surface area contributed by atoms with E-state index in [0.29, 0.717) is 10.8 Å². The lowest BCUT2D eigenvalue weighted by atomic mass is 9.82. The van der Waals surface area contributed by atoms with Gasteiger partial charge in [-0.05, 0) is 42.2 Å². The molecule has 0 aromatic carbocycles. The predicted molar refractivity (Wildman–Crippen MR) is 84.7 cm³/mol. The van der Waals surface area contributed by atoms with Crippen LogP contribution in [0.5, 0.6) is 0 Å². The van der Waals surface area contributed by atoms with Crippen molar-refractivity contribution < 1.29 is 14.3 Å². The number of esters is 1. The number of pyridine rings is 1. The number of rotatable bonds is 3. The first-order valence-corrected chi connectivity index (χ1v) is 8.13. The second kappa shape index (κ2) is 5.06. The highest BCUT2D eigenvalue weighted by molar-refractivity contribution is 6.29. The Morgan fingerprint density at radius 3 is 2.52 bits per heavy atom. The highest BCUT2D eigenvalue weighted by atomic mass is 35.5. The number of ether oxygens (including phenoxy) is 1. The third kappa shape index (κ3) is 2.10. The Bertz CT molecular complexity index is 696. The molecule has 1 aromatic heterocycles. The Balaban J connectivity index is 1.61. The number of nitrogens with zero attached hydrogens (tertiary/aromatic N) is 1. The number of amides is 1. The zero-order valence-corrected chi connectivity index (χ0v) is 13.4. The summed E-state index contributed by atoms with van der Waals surface area (Å²) in [5.74, 6) is -0.959. The van der Waals surface area contributed by atoms with Crippen LogP contribution in [0.2, 0.25) is 5.15 Å². The van der Waals surface area contributed by atoms with Crippen LogP contribution in [0.3, 0.4) is 0 Å². The average molecular weight is 333 g/mol. The van der Waals surface area contributed by atoms with Gasteiger partial charge in [0.1, 0.15) is 5.15 Å². The van der Waals surface area contributed by atoms with Crippen molar-refractivity contribution >= 4 is 29.2 Å². The van der Waals surface area contributed by atoms with Gasteiger partial charge in [0.05, 0.1) is 30.8 Å². The molecule has 1 amide bonds. The highest BCUT2D eigenvalue weighted by Gasteiger charge is 2.70. The zero-order valence-electron chi connectivity index (χ0n) is 12.7. The average Bonchev–Trinajstić information content (AvgIpc) is 3.22. The molecule has 1 N–H and O–H groups in total. The van der Waals surface area contributed by atoms with Crippen LogP contribution in [0.1, 0.15) is 12.8 Å². The van der Waals surface area contributed by atoms with Crippen LogP contribution in [-0.4, -0.2) is 24.0 Å². The molecule has 4 atom stereocenters. The lowest BCUT2D eigenvalue weighted by molar-refractivity contribution is -0.150. The molecule has 0 unspecified atom stereocenters. The minimum absolute atomic E-state index is 0.110. The standard InChI is InChI=1S/C17H17ClN2O3/c1-23-16(22)14-11-4-3-10(17(11)6-7-17)13(14)15(21)20-9-2-5-12(18)19-8-9/h2-5,8,10-11,13-14H,6-7H2,1H3,(H,20,21)/t10-,11+,13+,14+/m0/s1. The van der Waals surface area contributed by atoms with Crippen molar-refractivity contribution in [2.75, 3.05) is 12.4 Å². The maximum atomic E-state index is 12.8. The molecule has 120 valence electrons. The van der Waals surface area contributed by atoms with Gasteiger partial charge in [-0.25, -0.2) is 4.98 Å². The van der Waals surface area contributed by atoms with Crippen molar-refractivity contribution in [1.29, 1.82) is 0 Å². The van der Waals surface area contributed by atoms with Crippen LogP contribution in [0.4, 0.5) is 5.69 Å². The van der Waals surface area contributed by atoms with Gasteiger partial charge in [-0.1, -0.05) is 23.8 Å². The maximum Gasteiger partial charge on any atom is 0.310 e. The highest BCUT2D eigenvalue weighted by Crippen LogP contribution is 2.72. The van der Waals surface area contributed by atoms with Crippen molar-refractivity contribution in [3.63, 3.8) is 0 Å². The van der Waals surface area contributed by atoms with Crippen LogP contribution in [0.15, 0.2) is 30.5 Å². The first-order valence-electron chi connectivity index (χ1n) is 7.75. The number of anilines is 1. The predicted octanol–water partition coefficient (Wildman–Crippen LogP) is 2.67. The van der Waals surface area contributed by atoms with Gasteiger partial charge < -0.3 is 10.1 Å². The van der Waals surface area contributed by atoms with E-state index in [0.717, 1.165) is 12.8 Å². The first-order chi connectivity index (χ1) is 11.1. The molecule has 3 aliphatic carbocycles. The molecule has 1 spiro atoms. The monoisotopic (exact) mass is 332 g/mol. The molecule has 2 bridgehead atoms. The van der Waals surface area contributed by atoms with Gasteiger partial charge in [0, 0.05) is 0 Å². The Labute approximate surface area is 139 Å². The van der Waals surface area contributed by atoms with E-state index in [1.54, 1.807) is 12.1 Å². The molecule has 6 heteroatoms. The molecule has 0 saturated heterocycles. The van der Waals surface area contributed by atoms with Crippen LogP contribution in [0.25, 0.3) is 0 Å². The number of hydrogen-bond donors (Lipinski definition) is 1. The summed E-state index contributed by atoms with van der Waals surface area (Å²) in [5, 5.41) is 3.24. The van der Waals surface area contributed by atoms with Gasteiger partial charge in [0.15, 0.2) is 0 Å². The second-order valence-corrected chi connectivity index (χ2v) is 6.99.